The van der Waals surface area contributed by atoms with E-state index in [0.717, 1.165) is 12.2 Å². The lowest BCUT2D eigenvalue weighted by Gasteiger charge is -2.08. The Labute approximate surface area is 120 Å². The van der Waals surface area contributed by atoms with Gasteiger partial charge in [0, 0.05) is 18.3 Å². The lowest BCUT2D eigenvalue weighted by molar-refractivity contribution is -0.0498. The van der Waals surface area contributed by atoms with Gasteiger partial charge < -0.3 is 10.1 Å². The number of carbonyl (C=O) groups excluding carboxylic acids is 1. The van der Waals surface area contributed by atoms with Crippen LogP contribution in [0.2, 0.25) is 0 Å². The average Bonchev–Trinajstić information content (AvgIpc) is 2.92. The summed E-state index contributed by atoms with van der Waals surface area (Å²) in [7, 11) is 0. The Bertz CT molecular complexity index is 597. The number of halogens is 2. The number of carbonyl (C=O) groups is 1. The molecule has 21 heavy (non-hydrogen) atoms. The molecule has 0 fully saturated rings. The molecule has 1 aromatic carbocycles. The van der Waals surface area contributed by atoms with Crippen molar-refractivity contribution in [3.63, 3.8) is 0 Å². The maximum atomic E-state index is 12.0. The normalized spacial score (nSPS) is 10.7. The number of nitrogens with zero attached hydrogens (tertiary/aromatic N) is 2. The fraction of sp³-hybridized carbons (Fsp3) is 0.286. The molecule has 0 unspecified atom stereocenters. The number of hydrogen-bond acceptors (Lipinski definition) is 3. The van der Waals surface area contributed by atoms with Crippen molar-refractivity contribution in [3.8, 4) is 5.75 Å². The third kappa shape index (κ3) is 4.01. The van der Waals surface area contributed by atoms with Crippen LogP contribution in [0, 0.1) is 0 Å². The van der Waals surface area contributed by atoms with Crippen molar-refractivity contribution in [3.05, 3.63) is 47.8 Å². The Hall–Kier alpha value is -2.44. The van der Waals surface area contributed by atoms with Crippen LogP contribution in [0.25, 0.3) is 0 Å². The van der Waals surface area contributed by atoms with Crippen molar-refractivity contribution < 1.29 is 18.3 Å². The second-order valence-electron chi connectivity index (χ2n) is 4.22. The maximum Gasteiger partial charge on any atom is 0.387 e. The molecule has 7 heteroatoms. The summed E-state index contributed by atoms with van der Waals surface area (Å²) in [6.07, 6.45) is 1.67. The van der Waals surface area contributed by atoms with Gasteiger partial charge in [0.15, 0.2) is 0 Å². The first kappa shape index (κ1) is 15.0. The summed E-state index contributed by atoms with van der Waals surface area (Å²) in [5.41, 5.74) is 1.27. The fourth-order valence-electron chi connectivity index (χ4n) is 1.86. The average molecular weight is 295 g/mol. The predicted molar refractivity (Wildman–Crippen MR) is 72.1 cm³/mol. The van der Waals surface area contributed by atoms with E-state index in [1.165, 1.54) is 24.3 Å². The van der Waals surface area contributed by atoms with E-state index in [0.29, 0.717) is 12.1 Å². The third-order valence-corrected chi connectivity index (χ3v) is 2.88. The monoisotopic (exact) mass is 295 g/mol. The third-order valence-electron chi connectivity index (χ3n) is 2.88. The first-order chi connectivity index (χ1) is 10.1. The SMILES string of the molecule is CCn1nccc1CNC(=O)c1ccc(OC(F)F)cc1. The largest absolute Gasteiger partial charge is 0.435 e. The quantitative estimate of drug-likeness (QED) is 0.890. The highest BCUT2D eigenvalue weighted by Gasteiger charge is 2.09. The van der Waals surface area contributed by atoms with E-state index in [1.54, 1.807) is 10.9 Å². The summed E-state index contributed by atoms with van der Waals surface area (Å²) in [5.74, 6) is -0.270. The van der Waals surface area contributed by atoms with Crippen LogP contribution in [0.3, 0.4) is 0 Å². The van der Waals surface area contributed by atoms with Crippen molar-refractivity contribution in [2.24, 2.45) is 0 Å². The summed E-state index contributed by atoms with van der Waals surface area (Å²) in [5, 5.41) is 6.85. The molecule has 0 saturated carbocycles. The first-order valence-electron chi connectivity index (χ1n) is 6.44. The summed E-state index contributed by atoms with van der Waals surface area (Å²) >= 11 is 0. The molecule has 5 nitrogen and oxygen atoms in total. The molecule has 0 saturated heterocycles. The van der Waals surface area contributed by atoms with Crippen molar-refractivity contribution in [1.82, 2.24) is 15.1 Å². The second-order valence-corrected chi connectivity index (χ2v) is 4.22. The second kappa shape index (κ2) is 6.83. The number of ether oxygens (including phenoxy) is 1. The number of alkyl halides is 2. The number of benzene rings is 1. The Kier molecular flexibility index (Phi) is 4.86. The highest BCUT2D eigenvalue weighted by molar-refractivity contribution is 5.94. The van der Waals surface area contributed by atoms with Crippen molar-refractivity contribution in [1.29, 1.82) is 0 Å². The first-order valence-corrected chi connectivity index (χ1v) is 6.44. The Morgan fingerprint density at radius 3 is 2.67 bits per heavy atom. The minimum absolute atomic E-state index is 0.0191. The Balaban J connectivity index is 1.94. The van der Waals surface area contributed by atoms with Crippen molar-refractivity contribution in [2.45, 2.75) is 26.6 Å². The van der Waals surface area contributed by atoms with E-state index >= 15 is 0 Å². The fourth-order valence-corrected chi connectivity index (χ4v) is 1.86. The molecule has 0 spiro atoms. The minimum Gasteiger partial charge on any atom is -0.435 e. The number of aryl methyl sites for hydroxylation is 1. The smallest absolute Gasteiger partial charge is 0.387 e. The zero-order valence-electron chi connectivity index (χ0n) is 11.4. The molecule has 2 rings (SSSR count). The summed E-state index contributed by atoms with van der Waals surface area (Å²) < 4.78 is 30.0. The van der Waals surface area contributed by atoms with E-state index in [2.05, 4.69) is 15.2 Å². The standard InChI is InChI=1S/C14H15F2N3O2/c1-2-19-11(7-8-18-19)9-17-13(20)10-3-5-12(6-4-10)21-14(15)16/h3-8,14H,2,9H2,1H3,(H,17,20). The molecule has 0 aliphatic heterocycles. The van der Waals surface area contributed by atoms with Crippen LogP contribution < -0.4 is 10.1 Å². The lowest BCUT2D eigenvalue weighted by Crippen LogP contribution is -2.24. The maximum absolute atomic E-state index is 12.0. The number of nitrogens with one attached hydrogen (secondary N) is 1. The van der Waals surface area contributed by atoms with Crippen LogP contribution >= 0.6 is 0 Å². The van der Waals surface area contributed by atoms with Gasteiger partial charge in [-0.25, -0.2) is 0 Å². The van der Waals surface area contributed by atoms with Gasteiger partial charge >= 0.3 is 6.61 Å². The lowest BCUT2D eigenvalue weighted by atomic mass is 10.2. The van der Waals surface area contributed by atoms with Gasteiger partial charge in [-0.3, -0.25) is 9.48 Å². The minimum atomic E-state index is -2.88. The molecule has 1 amide bonds. The molecular formula is C14H15F2N3O2. The van der Waals surface area contributed by atoms with Gasteiger partial charge in [0.1, 0.15) is 5.75 Å². The molecule has 112 valence electrons. The van der Waals surface area contributed by atoms with Gasteiger partial charge in [-0.2, -0.15) is 13.9 Å². The van der Waals surface area contributed by atoms with Gasteiger partial charge in [0.05, 0.1) is 12.2 Å². The van der Waals surface area contributed by atoms with E-state index in [-0.39, 0.29) is 11.7 Å². The van der Waals surface area contributed by atoms with Gasteiger partial charge in [-0.05, 0) is 37.3 Å². The number of rotatable bonds is 6. The van der Waals surface area contributed by atoms with Gasteiger partial charge in [-0.15, -0.1) is 0 Å². The van der Waals surface area contributed by atoms with Gasteiger partial charge in [0.2, 0.25) is 0 Å². The Morgan fingerprint density at radius 2 is 2.05 bits per heavy atom. The molecular weight excluding hydrogens is 280 g/mol. The summed E-state index contributed by atoms with van der Waals surface area (Å²) in [4.78, 5) is 11.9. The zero-order chi connectivity index (χ0) is 15.2. The molecule has 0 atom stereocenters. The van der Waals surface area contributed by atoms with Crippen molar-refractivity contribution in [2.75, 3.05) is 0 Å². The summed E-state index contributed by atoms with van der Waals surface area (Å²) in [6.45, 7) is 0.152. The molecule has 1 aromatic heterocycles. The van der Waals surface area contributed by atoms with Crippen LogP contribution in [0.5, 0.6) is 5.75 Å². The number of amides is 1. The molecule has 0 radical (unpaired) electrons. The van der Waals surface area contributed by atoms with Crippen LogP contribution in [-0.4, -0.2) is 22.3 Å². The van der Waals surface area contributed by atoms with Crippen LogP contribution in [-0.2, 0) is 13.1 Å². The van der Waals surface area contributed by atoms with Crippen LogP contribution in [0.4, 0.5) is 8.78 Å². The zero-order valence-corrected chi connectivity index (χ0v) is 11.4. The molecule has 2 aromatic rings. The van der Waals surface area contributed by atoms with Gasteiger partial charge in [-0.1, -0.05) is 0 Å². The van der Waals surface area contributed by atoms with E-state index in [4.69, 9.17) is 0 Å². The predicted octanol–water partition coefficient (Wildman–Crippen LogP) is 2.43. The molecule has 0 bridgehead atoms. The number of aromatic nitrogens is 2. The highest BCUT2D eigenvalue weighted by atomic mass is 19.3. The van der Waals surface area contributed by atoms with Crippen LogP contribution in [0.1, 0.15) is 23.0 Å². The van der Waals surface area contributed by atoms with Crippen LogP contribution in [0.15, 0.2) is 36.5 Å². The van der Waals surface area contributed by atoms with Gasteiger partial charge in [0.25, 0.3) is 5.91 Å². The Morgan fingerprint density at radius 1 is 1.33 bits per heavy atom. The summed E-state index contributed by atoms with van der Waals surface area (Å²) in [6, 6.07) is 7.35. The highest BCUT2D eigenvalue weighted by Crippen LogP contribution is 2.14. The van der Waals surface area contributed by atoms with Crippen molar-refractivity contribution >= 4 is 5.91 Å². The van der Waals surface area contributed by atoms with E-state index in [9.17, 15) is 13.6 Å². The molecule has 0 aliphatic carbocycles. The molecule has 1 heterocycles. The molecule has 1 N–H and O–H groups in total. The molecule has 0 aliphatic rings. The van der Waals surface area contributed by atoms with E-state index in [1.807, 2.05) is 13.0 Å². The topological polar surface area (TPSA) is 56.2 Å². The number of hydrogen-bond donors (Lipinski definition) is 1. The van der Waals surface area contributed by atoms with E-state index < -0.39 is 6.61 Å².